The van der Waals surface area contributed by atoms with Crippen molar-refractivity contribution in [1.82, 2.24) is 4.98 Å². The number of hydrogen-bond donors (Lipinski definition) is 0. The van der Waals surface area contributed by atoms with Gasteiger partial charge in [-0.15, -0.1) is 0 Å². The Morgan fingerprint density at radius 1 is 1.25 bits per heavy atom. The lowest BCUT2D eigenvalue weighted by Crippen LogP contribution is -2.25. The minimum Gasteiger partial charge on any atom is -0.497 e. The molecule has 5 nitrogen and oxygen atoms in total. The zero-order chi connectivity index (χ0) is 16.9. The van der Waals surface area contributed by atoms with Crippen LogP contribution in [-0.4, -0.2) is 24.7 Å². The highest BCUT2D eigenvalue weighted by molar-refractivity contribution is 5.91. The molecule has 124 valence electrons. The van der Waals surface area contributed by atoms with Crippen molar-refractivity contribution in [3.63, 3.8) is 0 Å². The second kappa shape index (κ2) is 7.17. The van der Waals surface area contributed by atoms with Crippen molar-refractivity contribution < 1.29 is 14.3 Å². The average Bonchev–Trinajstić information content (AvgIpc) is 2.62. The van der Waals surface area contributed by atoms with Gasteiger partial charge in [-0.25, -0.2) is 4.79 Å². The number of hydrogen-bond acceptors (Lipinski definition) is 5. The predicted molar refractivity (Wildman–Crippen MR) is 91.8 cm³/mol. The molecular weight excluding hydrogens is 304 g/mol. The first kappa shape index (κ1) is 16.1. The maximum atomic E-state index is 12.1. The molecule has 0 bridgehead atoms. The van der Waals surface area contributed by atoms with Gasteiger partial charge in [-0.1, -0.05) is 12.1 Å². The van der Waals surface area contributed by atoms with E-state index in [4.69, 9.17) is 9.47 Å². The Hall–Kier alpha value is -2.82. The van der Waals surface area contributed by atoms with Crippen LogP contribution in [0.4, 0.5) is 5.69 Å². The standard InChI is InChI=1S/C19H20N2O3/c1-3-24-19(22)16-10-15-11-20-9-8-18(15)21(13-16)12-14-4-6-17(23-2)7-5-14/h4-9,11,13H,3,10,12H2,1-2H3. The molecule has 2 aromatic rings. The molecule has 5 heteroatoms. The quantitative estimate of drug-likeness (QED) is 0.791. The van der Waals surface area contributed by atoms with Crippen molar-refractivity contribution in [2.45, 2.75) is 19.9 Å². The van der Waals surface area contributed by atoms with Gasteiger partial charge in [0.1, 0.15) is 5.75 Å². The summed E-state index contributed by atoms with van der Waals surface area (Å²) in [7, 11) is 1.65. The van der Waals surface area contributed by atoms with E-state index in [2.05, 4.69) is 9.88 Å². The molecule has 0 amide bonds. The van der Waals surface area contributed by atoms with Crippen LogP contribution in [0.2, 0.25) is 0 Å². The first-order valence-corrected chi connectivity index (χ1v) is 7.91. The van der Waals surface area contributed by atoms with Gasteiger partial charge in [-0.05, 0) is 36.2 Å². The van der Waals surface area contributed by atoms with Crippen molar-refractivity contribution in [1.29, 1.82) is 0 Å². The lowest BCUT2D eigenvalue weighted by atomic mass is 10.0. The van der Waals surface area contributed by atoms with Crippen molar-refractivity contribution >= 4 is 11.7 Å². The molecule has 1 aliphatic rings. The molecule has 0 aliphatic carbocycles. The van der Waals surface area contributed by atoms with Crippen LogP contribution in [0.25, 0.3) is 0 Å². The minimum absolute atomic E-state index is 0.272. The maximum Gasteiger partial charge on any atom is 0.335 e. The van der Waals surface area contributed by atoms with Gasteiger partial charge < -0.3 is 14.4 Å². The summed E-state index contributed by atoms with van der Waals surface area (Å²) < 4.78 is 10.4. The third-order valence-electron chi connectivity index (χ3n) is 3.93. The molecule has 24 heavy (non-hydrogen) atoms. The summed E-state index contributed by atoms with van der Waals surface area (Å²) in [6.07, 6.45) is 6.00. The van der Waals surface area contributed by atoms with E-state index in [1.807, 2.05) is 49.7 Å². The molecule has 1 aromatic carbocycles. The van der Waals surface area contributed by atoms with Gasteiger partial charge in [0.15, 0.2) is 0 Å². The van der Waals surface area contributed by atoms with E-state index in [1.54, 1.807) is 13.3 Å². The number of fused-ring (bicyclic) bond motifs is 1. The van der Waals surface area contributed by atoms with E-state index < -0.39 is 0 Å². The highest BCUT2D eigenvalue weighted by Crippen LogP contribution is 2.30. The van der Waals surface area contributed by atoms with E-state index in [0.29, 0.717) is 25.1 Å². The molecule has 0 atom stereocenters. The van der Waals surface area contributed by atoms with Crippen LogP contribution in [-0.2, 0) is 22.5 Å². The van der Waals surface area contributed by atoms with Gasteiger partial charge in [-0.2, -0.15) is 0 Å². The fourth-order valence-corrected chi connectivity index (χ4v) is 2.75. The van der Waals surface area contributed by atoms with Crippen molar-refractivity contribution in [3.8, 4) is 5.75 Å². The first-order valence-electron chi connectivity index (χ1n) is 7.91. The molecule has 1 aromatic heterocycles. The van der Waals surface area contributed by atoms with Crippen molar-refractivity contribution in [2.24, 2.45) is 0 Å². The van der Waals surface area contributed by atoms with Gasteiger partial charge >= 0.3 is 5.97 Å². The third-order valence-corrected chi connectivity index (χ3v) is 3.93. The maximum absolute atomic E-state index is 12.1. The van der Waals surface area contributed by atoms with Crippen LogP contribution in [0.15, 0.2) is 54.5 Å². The van der Waals surface area contributed by atoms with E-state index >= 15 is 0 Å². The summed E-state index contributed by atoms with van der Waals surface area (Å²) in [5.41, 5.74) is 3.86. The highest BCUT2D eigenvalue weighted by Gasteiger charge is 2.22. The molecule has 0 N–H and O–H groups in total. The molecule has 1 aliphatic heterocycles. The Kier molecular flexibility index (Phi) is 4.79. The SMILES string of the molecule is CCOC(=O)C1=CN(Cc2ccc(OC)cc2)c2ccncc2C1. The van der Waals surface area contributed by atoms with Crippen molar-refractivity contribution in [2.75, 3.05) is 18.6 Å². The Labute approximate surface area is 141 Å². The number of ether oxygens (including phenoxy) is 2. The van der Waals surface area contributed by atoms with Gasteiger partial charge in [-0.3, -0.25) is 4.98 Å². The van der Waals surface area contributed by atoms with Gasteiger partial charge in [0.25, 0.3) is 0 Å². The number of methoxy groups -OCH3 is 1. The number of carbonyl (C=O) groups excluding carboxylic acids is 1. The van der Waals surface area contributed by atoms with Crippen LogP contribution in [0.3, 0.4) is 0 Å². The fourth-order valence-electron chi connectivity index (χ4n) is 2.75. The molecule has 0 fully saturated rings. The molecule has 2 heterocycles. The summed E-state index contributed by atoms with van der Waals surface area (Å²) in [5, 5.41) is 0. The monoisotopic (exact) mass is 324 g/mol. The molecule has 0 saturated carbocycles. The first-order chi connectivity index (χ1) is 11.7. The van der Waals surface area contributed by atoms with Crippen molar-refractivity contribution in [3.05, 3.63) is 65.6 Å². The Bertz CT molecular complexity index is 753. The lowest BCUT2D eigenvalue weighted by Gasteiger charge is -2.28. The van der Waals surface area contributed by atoms with E-state index in [0.717, 1.165) is 22.6 Å². The zero-order valence-electron chi connectivity index (χ0n) is 13.9. The number of esters is 1. The summed E-state index contributed by atoms with van der Waals surface area (Å²) in [4.78, 5) is 18.4. The highest BCUT2D eigenvalue weighted by atomic mass is 16.5. The molecule has 0 unspecified atom stereocenters. The number of anilines is 1. The number of aromatic nitrogens is 1. The Morgan fingerprint density at radius 3 is 2.75 bits per heavy atom. The molecule has 3 rings (SSSR count). The summed E-state index contributed by atoms with van der Waals surface area (Å²) >= 11 is 0. The molecular formula is C19H20N2O3. The lowest BCUT2D eigenvalue weighted by molar-refractivity contribution is -0.138. The fraction of sp³-hybridized carbons (Fsp3) is 0.263. The molecule has 0 spiro atoms. The van der Waals surface area contributed by atoms with Gasteiger partial charge in [0.05, 0.1) is 19.3 Å². The second-order valence-corrected chi connectivity index (χ2v) is 5.53. The Morgan fingerprint density at radius 2 is 2.04 bits per heavy atom. The normalized spacial score (nSPS) is 13.1. The second-order valence-electron chi connectivity index (χ2n) is 5.53. The largest absolute Gasteiger partial charge is 0.497 e. The number of pyridine rings is 1. The summed E-state index contributed by atoms with van der Waals surface area (Å²) in [5.74, 6) is 0.552. The van der Waals surface area contributed by atoms with Crippen LogP contribution < -0.4 is 9.64 Å². The van der Waals surface area contributed by atoms with Crippen LogP contribution in [0, 0.1) is 0 Å². The number of nitrogens with zero attached hydrogens (tertiary/aromatic N) is 2. The van der Waals surface area contributed by atoms with E-state index in [1.165, 1.54) is 0 Å². The average molecular weight is 324 g/mol. The summed E-state index contributed by atoms with van der Waals surface area (Å²) in [6.45, 7) is 2.84. The Balaban J connectivity index is 1.89. The predicted octanol–water partition coefficient (Wildman–Crippen LogP) is 3.10. The molecule has 0 radical (unpaired) electrons. The number of benzene rings is 1. The number of carbonyl (C=O) groups is 1. The smallest absolute Gasteiger partial charge is 0.335 e. The molecule has 0 saturated heterocycles. The zero-order valence-corrected chi connectivity index (χ0v) is 13.9. The van der Waals surface area contributed by atoms with E-state index in [9.17, 15) is 4.79 Å². The number of rotatable bonds is 5. The van der Waals surface area contributed by atoms with Gasteiger partial charge in [0, 0.05) is 37.2 Å². The van der Waals surface area contributed by atoms with E-state index in [-0.39, 0.29) is 5.97 Å². The van der Waals surface area contributed by atoms with Crippen LogP contribution >= 0.6 is 0 Å². The summed E-state index contributed by atoms with van der Waals surface area (Å²) in [6, 6.07) is 9.88. The van der Waals surface area contributed by atoms with Crippen LogP contribution in [0.5, 0.6) is 5.75 Å². The third kappa shape index (κ3) is 3.40. The minimum atomic E-state index is -0.272. The topological polar surface area (TPSA) is 51.7 Å². The van der Waals surface area contributed by atoms with Gasteiger partial charge in [0.2, 0.25) is 0 Å². The van der Waals surface area contributed by atoms with Crippen LogP contribution in [0.1, 0.15) is 18.1 Å².